The van der Waals surface area contributed by atoms with Crippen molar-refractivity contribution in [3.05, 3.63) is 28.2 Å². The van der Waals surface area contributed by atoms with Gasteiger partial charge in [-0.1, -0.05) is 11.8 Å². The van der Waals surface area contributed by atoms with Crippen LogP contribution in [0.15, 0.2) is 26.3 Å². The maximum absolute atomic E-state index is 12.7. The number of anilines is 1. The molecule has 0 aliphatic carbocycles. The van der Waals surface area contributed by atoms with Crippen LogP contribution < -0.4 is 11.1 Å². The summed E-state index contributed by atoms with van der Waals surface area (Å²) in [5, 5.41) is 31.2. The number of carbonyl (C=O) groups is 3. The SMILES string of the molecule is Cc1nnc(SCC2=C(C(=O)O)N3C(=O)C(NC(=O)C(O)c4csc(N)n4)C3SC2)o1. The van der Waals surface area contributed by atoms with Crippen molar-refractivity contribution in [1.82, 2.24) is 25.4 Å². The van der Waals surface area contributed by atoms with E-state index in [2.05, 4.69) is 20.5 Å². The number of fused-ring (bicyclic) bond motifs is 1. The van der Waals surface area contributed by atoms with Crippen LogP contribution in [0.5, 0.6) is 0 Å². The number of thioether (sulfide) groups is 2. The van der Waals surface area contributed by atoms with Crippen LogP contribution >= 0.6 is 34.9 Å². The van der Waals surface area contributed by atoms with Gasteiger partial charge in [-0.3, -0.25) is 14.5 Å². The number of thiazole rings is 1. The van der Waals surface area contributed by atoms with Gasteiger partial charge in [0.15, 0.2) is 11.2 Å². The van der Waals surface area contributed by atoms with Crippen LogP contribution in [-0.4, -0.2) is 71.0 Å². The standard InChI is InChI=1S/C16H16N6O6S3/c1-5-20-21-16(28-5)31-3-6-2-29-13-8(12(25)22(13)9(6)14(26)27)19-11(24)10(23)7-4-30-15(17)18-7/h4,8,10,13,23H,2-3H2,1H3,(H2,17,18)(H,19,24)(H,26,27). The van der Waals surface area contributed by atoms with Gasteiger partial charge < -0.3 is 25.7 Å². The predicted octanol–water partition coefficient (Wildman–Crippen LogP) is -0.0190. The van der Waals surface area contributed by atoms with Crippen LogP contribution in [0.3, 0.4) is 0 Å². The van der Waals surface area contributed by atoms with Crippen LogP contribution in [0, 0.1) is 6.92 Å². The molecule has 164 valence electrons. The lowest BCUT2D eigenvalue weighted by atomic mass is 10.0. The number of nitrogens with two attached hydrogens (primary N) is 1. The van der Waals surface area contributed by atoms with Gasteiger partial charge >= 0.3 is 5.97 Å². The van der Waals surface area contributed by atoms with Crippen LogP contribution in [0.25, 0.3) is 0 Å². The molecular formula is C16H16N6O6S3. The number of nitrogen functional groups attached to an aromatic ring is 1. The molecule has 0 aromatic carbocycles. The van der Waals surface area contributed by atoms with E-state index in [0.717, 1.165) is 16.2 Å². The molecule has 1 saturated heterocycles. The number of aryl methyl sites for hydroxylation is 1. The first kappa shape index (κ1) is 21.6. The molecule has 2 amide bonds. The fourth-order valence-electron chi connectivity index (χ4n) is 3.07. The third kappa shape index (κ3) is 4.13. The number of carboxylic acid groups (broad SMARTS) is 1. The molecule has 5 N–H and O–H groups in total. The van der Waals surface area contributed by atoms with Crippen molar-refractivity contribution in [3.8, 4) is 0 Å². The summed E-state index contributed by atoms with van der Waals surface area (Å²) in [6, 6.07) is -0.953. The second kappa shape index (κ2) is 8.49. The van der Waals surface area contributed by atoms with E-state index in [1.54, 1.807) is 6.92 Å². The number of β-lactam (4-membered cyclic amide) rings is 1. The maximum Gasteiger partial charge on any atom is 0.352 e. The number of carbonyl (C=O) groups excluding carboxylic acids is 2. The number of hydrogen-bond donors (Lipinski definition) is 4. The van der Waals surface area contributed by atoms with Crippen molar-refractivity contribution < 1.29 is 29.0 Å². The van der Waals surface area contributed by atoms with Crippen LogP contribution in [0.4, 0.5) is 5.13 Å². The van der Waals surface area contributed by atoms with E-state index in [0.29, 0.717) is 22.4 Å². The second-order valence-electron chi connectivity index (χ2n) is 6.54. The smallest absolute Gasteiger partial charge is 0.352 e. The highest BCUT2D eigenvalue weighted by atomic mass is 32.2. The van der Waals surface area contributed by atoms with Gasteiger partial charge in [-0.2, -0.15) is 0 Å². The van der Waals surface area contributed by atoms with Crippen molar-refractivity contribution in [1.29, 1.82) is 0 Å². The normalized spacial score (nSPS) is 21.5. The highest BCUT2D eigenvalue weighted by Crippen LogP contribution is 2.41. The number of rotatable bonds is 7. The fraction of sp³-hybridized carbons (Fsp3) is 0.375. The number of amides is 2. The van der Waals surface area contributed by atoms with Gasteiger partial charge in [0.05, 0.1) is 5.69 Å². The highest BCUT2D eigenvalue weighted by Gasteiger charge is 2.54. The zero-order valence-electron chi connectivity index (χ0n) is 15.8. The third-order valence-corrected chi connectivity index (χ3v) is 7.43. The summed E-state index contributed by atoms with van der Waals surface area (Å²) in [4.78, 5) is 41.9. The first-order chi connectivity index (χ1) is 14.8. The number of aliphatic carboxylic acids is 1. The number of aliphatic hydroxyl groups is 1. The third-order valence-electron chi connectivity index (χ3n) is 4.49. The van der Waals surface area contributed by atoms with E-state index in [4.69, 9.17) is 10.2 Å². The Hall–Kier alpha value is -2.62. The largest absolute Gasteiger partial charge is 0.477 e. The molecule has 15 heteroatoms. The number of carboxylic acids is 1. The van der Waals surface area contributed by atoms with Crippen molar-refractivity contribution in [2.24, 2.45) is 0 Å². The summed E-state index contributed by atoms with van der Waals surface area (Å²) in [7, 11) is 0. The Labute approximate surface area is 187 Å². The zero-order chi connectivity index (χ0) is 22.3. The maximum atomic E-state index is 12.7. The minimum Gasteiger partial charge on any atom is -0.477 e. The van der Waals surface area contributed by atoms with Crippen molar-refractivity contribution in [3.63, 3.8) is 0 Å². The molecule has 12 nitrogen and oxygen atoms in total. The molecule has 0 radical (unpaired) electrons. The van der Waals surface area contributed by atoms with Crippen LogP contribution in [-0.2, 0) is 14.4 Å². The highest BCUT2D eigenvalue weighted by molar-refractivity contribution is 8.01. The van der Waals surface area contributed by atoms with Crippen molar-refractivity contribution >= 4 is 57.8 Å². The van der Waals surface area contributed by atoms with E-state index in [-0.39, 0.29) is 22.3 Å². The zero-order valence-corrected chi connectivity index (χ0v) is 18.3. The lowest BCUT2D eigenvalue weighted by Gasteiger charge is -2.49. The number of nitrogens with one attached hydrogen (secondary N) is 1. The summed E-state index contributed by atoms with van der Waals surface area (Å²) in [5.41, 5.74) is 6.01. The summed E-state index contributed by atoms with van der Waals surface area (Å²) < 4.78 is 5.27. The Balaban J connectivity index is 1.45. The van der Waals surface area contributed by atoms with Gasteiger partial charge in [0.1, 0.15) is 17.1 Å². The molecule has 3 atom stereocenters. The lowest BCUT2D eigenvalue weighted by molar-refractivity contribution is -0.151. The monoisotopic (exact) mass is 484 g/mol. The summed E-state index contributed by atoms with van der Waals surface area (Å²) in [5.74, 6) is -1.62. The van der Waals surface area contributed by atoms with E-state index >= 15 is 0 Å². The van der Waals surface area contributed by atoms with Gasteiger partial charge in [-0.05, 0) is 5.57 Å². The average Bonchev–Trinajstić information content (AvgIpc) is 3.36. The van der Waals surface area contributed by atoms with Crippen molar-refractivity contribution in [2.45, 2.75) is 29.7 Å². The molecule has 4 rings (SSSR count). The molecular weight excluding hydrogens is 468 g/mol. The molecule has 0 spiro atoms. The van der Waals surface area contributed by atoms with E-state index in [1.165, 1.54) is 28.9 Å². The average molecular weight is 485 g/mol. The first-order valence-corrected chi connectivity index (χ1v) is 11.7. The van der Waals surface area contributed by atoms with Crippen LogP contribution in [0.2, 0.25) is 0 Å². The van der Waals surface area contributed by atoms with Gasteiger partial charge in [-0.15, -0.1) is 33.3 Å². The molecule has 1 fully saturated rings. The quantitative estimate of drug-likeness (QED) is 0.304. The topological polar surface area (TPSA) is 185 Å². The van der Waals surface area contributed by atoms with Gasteiger partial charge in [0.2, 0.25) is 5.89 Å². The molecule has 2 aliphatic heterocycles. The number of nitrogens with zero attached hydrogens (tertiary/aromatic N) is 4. The summed E-state index contributed by atoms with van der Waals surface area (Å²) in [6.07, 6.45) is -1.58. The fourth-order valence-corrected chi connectivity index (χ4v) is 5.94. The Morgan fingerprint density at radius 2 is 2.26 bits per heavy atom. The minimum atomic E-state index is -1.58. The van der Waals surface area contributed by atoms with E-state index in [9.17, 15) is 24.6 Å². The molecule has 0 saturated carbocycles. The minimum absolute atomic E-state index is 0.0848. The molecule has 0 bridgehead atoms. The van der Waals surface area contributed by atoms with Crippen LogP contribution in [0.1, 0.15) is 17.7 Å². The van der Waals surface area contributed by atoms with E-state index < -0.39 is 35.3 Å². The lowest BCUT2D eigenvalue weighted by Crippen LogP contribution is -2.70. The summed E-state index contributed by atoms with van der Waals surface area (Å²) >= 11 is 3.58. The number of aromatic nitrogens is 3. The molecule has 3 unspecified atom stereocenters. The van der Waals surface area contributed by atoms with Crippen molar-refractivity contribution in [2.75, 3.05) is 17.2 Å². The Kier molecular flexibility index (Phi) is 5.92. The van der Waals surface area contributed by atoms with Gasteiger partial charge in [0.25, 0.3) is 17.0 Å². The van der Waals surface area contributed by atoms with E-state index in [1.807, 2.05) is 0 Å². The second-order valence-corrected chi connectivity index (χ2v) is 9.46. The Morgan fingerprint density at radius 1 is 1.48 bits per heavy atom. The molecule has 31 heavy (non-hydrogen) atoms. The predicted molar refractivity (Wildman–Crippen MR) is 111 cm³/mol. The number of hydrogen-bond acceptors (Lipinski definition) is 12. The van der Waals surface area contributed by atoms with Gasteiger partial charge in [-0.25, -0.2) is 9.78 Å². The Bertz CT molecular complexity index is 1080. The molecule has 4 heterocycles. The molecule has 2 aromatic heterocycles. The molecule has 2 aromatic rings. The Morgan fingerprint density at radius 3 is 2.87 bits per heavy atom. The number of aliphatic hydroxyl groups excluding tert-OH is 1. The van der Waals surface area contributed by atoms with Gasteiger partial charge in [0, 0.05) is 23.8 Å². The first-order valence-electron chi connectivity index (χ1n) is 8.78. The summed E-state index contributed by atoms with van der Waals surface area (Å²) in [6.45, 7) is 1.65. The molecule has 2 aliphatic rings.